The lowest BCUT2D eigenvalue weighted by Crippen LogP contribution is -2.32. The van der Waals surface area contributed by atoms with Crippen LogP contribution in [0.1, 0.15) is 32.8 Å². The average molecular weight is 322 g/mol. The number of ether oxygens (including phenoxy) is 1. The number of aliphatic carboxylic acids is 1. The fraction of sp³-hybridized carbons (Fsp3) is 0.412. The van der Waals surface area contributed by atoms with E-state index in [-0.39, 0.29) is 12.4 Å². The van der Waals surface area contributed by atoms with E-state index in [0.717, 1.165) is 5.56 Å². The minimum atomic E-state index is -0.959. The summed E-state index contributed by atoms with van der Waals surface area (Å²) in [5.41, 5.74) is 10.9. The van der Waals surface area contributed by atoms with Gasteiger partial charge in [0, 0.05) is 0 Å². The molecule has 6 heteroatoms. The highest BCUT2D eigenvalue weighted by molar-refractivity contribution is 5.73. The van der Waals surface area contributed by atoms with Gasteiger partial charge in [0.1, 0.15) is 11.6 Å². The molecule has 23 heavy (non-hydrogen) atoms. The number of esters is 1. The van der Waals surface area contributed by atoms with Crippen LogP contribution in [0.15, 0.2) is 42.6 Å². The maximum Gasteiger partial charge on any atom is 0.320 e. The van der Waals surface area contributed by atoms with Crippen molar-refractivity contribution in [1.29, 1.82) is 0 Å². The topological polar surface area (TPSA) is 116 Å². The summed E-state index contributed by atoms with van der Waals surface area (Å²) in [5.74, 6) is -1.21. The lowest BCUT2D eigenvalue weighted by atomic mass is 10.1. The molecule has 0 amide bonds. The van der Waals surface area contributed by atoms with Crippen LogP contribution in [0.3, 0.4) is 0 Å². The number of benzene rings is 1. The van der Waals surface area contributed by atoms with Crippen molar-refractivity contribution in [2.24, 2.45) is 11.5 Å². The maximum absolute atomic E-state index is 10.9. The van der Waals surface area contributed by atoms with Crippen LogP contribution in [0.4, 0.5) is 0 Å². The van der Waals surface area contributed by atoms with Crippen LogP contribution in [0, 0.1) is 0 Å². The summed E-state index contributed by atoms with van der Waals surface area (Å²) in [5, 5.41) is 8.52. The highest BCUT2D eigenvalue weighted by atomic mass is 16.6. The molecule has 0 radical (unpaired) electrons. The number of hydrogen-bond acceptors (Lipinski definition) is 5. The van der Waals surface area contributed by atoms with Crippen LogP contribution in [0.2, 0.25) is 0 Å². The predicted octanol–water partition coefficient (Wildman–Crippen LogP) is 1.83. The van der Waals surface area contributed by atoms with Crippen molar-refractivity contribution in [3.05, 3.63) is 48.2 Å². The number of carbonyl (C=O) groups is 2. The van der Waals surface area contributed by atoms with Gasteiger partial charge < -0.3 is 21.3 Å². The van der Waals surface area contributed by atoms with E-state index < -0.39 is 17.6 Å². The normalized spacial score (nSPS) is 12.2. The maximum atomic E-state index is 10.9. The Morgan fingerprint density at radius 3 is 2.26 bits per heavy atom. The summed E-state index contributed by atoms with van der Waals surface area (Å²) in [7, 11) is 0. The first-order valence-corrected chi connectivity index (χ1v) is 7.26. The Bertz CT molecular complexity index is 507. The van der Waals surface area contributed by atoms with Gasteiger partial charge in [-0.3, -0.25) is 9.59 Å². The molecule has 0 aromatic heterocycles. The van der Waals surface area contributed by atoms with E-state index in [1.54, 1.807) is 6.08 Å². The van der Waals surface area contributed by atoms with Crippen LogP contribution in [0.5, 0.6) is 0 Å². The van der Waals surface area contributed by atoms with Gasteiger partial charge in [0.2, 0.25) is 0 Å². The largest absolute Gasteiger partial charge is 0.480 e. The van der Waals surface area contributed by atoms with Gasteiger partial charge in [-0.15, -0.1) is 0 Å². The van der Waals surface area contributed by atoms with Crippen molar-refractivity contribution in [3.63, 3.8) is 0 Å². The molecule has 0 saturated heterocycles. The monoisotopic (exact) mass is 322 g/mol. The lowest BCUT2D eigenvalue weighted by molar-refractivity contribution is -0.153. The number of carboxylic acids is 1. The van der Waals surface area contributed by atoms with E-state index in [4.69, 9.17) is 21.3 Å². The van der Waals surface area contributed by atoms with Crippen LogP contribution in [-0.2, 0) is 20.7 Å². The minimum Gasteiger partial charge on any atom is -0.480 e. The molecule has 1 aromatic carbocycles. The van der Waals surface area contributed by atoms with Gasteiger partial charge >= 0.3 is 11.9 Å². The second kappa shape index (κ2) is 10.4. The zero-order chi connectivity index (χ0) is 17.9. The van der Waals surface area contributed by atoms with Gasteiger partial charge in [0.15, 0.2) is 0 Å². The molecule has 0 spiro atoms. The number of carbonyl (C=O) groups excluding carboxylic acids is 1. The third-order valence-electron chi connectivity index (χ3n) is 2.46. The Kier molecular flexibility index (Phi) is 9.34. The third kappa shape index (κ3) is 11.9. The van der Waals surface area contributed by atoms with Crippen molar-refractivity contribution in [2.75, 3.05) is 0 Å². The second-order valence-corrected chi connectivity index (χ2v) is 5.85. The van der Waals surface area contributed by atoms with Gasteiger partial charge in [-0.05, 0) is 39.0 Å². The first-order chi connectivity index (χ1) is 10.7. The molecule has 1 aromatic rings. The van der Waals surface area contributed by atoms with E-state index in [1.165, 1.54) is 6.20 Å². The fourth-order valence-corrected chi connectivity index (χ4v) is 1.50. The van der Waals surface area contributed by atoms with Gasteiger partial charge in [0.05, 0.1) is 6.42 Å². The van der Waals surface area contributed by atoms with E-state index >= 15 is 0 Å². The molecule has 0 saturated carbocycles. The first-order valence-electron chi connectivity index (χ1n) is 7.26. The standard InChI is InChI=1S/C9H11NO2.C8H15NO2/c10-8(9(11)12)6-7-4-2-1-3-5-7;1-8(2,3)11-7(10)5-4-6-9/h1-5,8H,6,10H2,(H,11,12);4,6H,5,9H2,1-3H3/t8-;/m1./s1. The molecule has 0 aliphatic carbocycles. The fourth-order valence-electron chi connectivity index (χ4n) is 1.50. The molecule has 0 fully saturated rings. The highest BCUT2D eigenvalue weighted by Gasteiger charge is 2.14. The summed E-state index contributed by atoms with van der Waals surface area (Å²) in [6, 6.07) is 8.54. The molecular formula is C17H26N2O4. The molecule has 0 unspecified atom stereocenters. The van der Waals surface area contributed by atoms with Crippen LogP contribution >= 0.6 is 0 Å². The van der Waals surface area contributed by atoms with E-state index in [1.807, 2.05) is 51.1 Å². The van der Waals surface area contributed by atoms with E-state index in [0.29, 0.717) is 6.42 Å². The van der Waals surface area contributed by atoms with Crippen LogP contribution in [0.25, 0.3) is 0 Å². The van der Waals surface area contributed by atoms with Crippen molar-refractivity contribution < 1.29 is 19.4 Å². The molecule has 1 atom stereocenters. The summed E-state index contributed by atoms with van der Waals surface area (Å²) in [6.45, 7) is 5.49. The first kappa shape index (κ1) is 20.7. The number of carboxylic acid groups (broad SMARTS) is 1. The Labute approximate surface area is 137 Å². The van der Waals surface area contributed by atoms with Crippen molar-refractivity contribution in [3.8, 4) is 0 Å². The smallest absolute Gasteiger partial charge is 0.320 e. The van der Waals surface area contributed by atoms with Crippen molar-refractivity contribution in [2.45, 2.75) is 45.3 Å². The second-order valence-electron chi connectivity index (χ2n) is 5.85. The van der Waals surface area contributed by atoms with E-state index in [9.17, 15) is 9.59 Å². The molecular weight excluding hydrogens is 296 g/mol. The summed E-state index contributed by atoms with van der Waals surface area (Å²) >= 11 is 0. The number of rotatable bonds is 5. The Balaban J connectivity index is 0.000000423. The average Bonchev–Trinajstić information content (AvgIpc) is 2.45. The lowest BCUT2D eigenvalue weighted by Gasteiger charge is -2.18. The van der Waals surface area contributed by atoms with Gasteiger partial charge in [0.25, 0.3) is 0 Å². The molecule has 1 rings (SSSR count). The quantitative estimate of drug-likeness (QED) is 0.712. The molecule has 5 N–H and O–H groups in total. The molecule has 0 heterocycles. The molecule has 0 aliphatic heterocycles. The predicted molar refractivity (Wildman–Crippen MR) is 89.5 cm³/mol. The van der Waals surface area contributed by atoms with Crippen LogP contribution in [-0.4, -0.2) is 28.7 Å². The van der Waals surface area contributed by atoms with Crippen LogP contribution < -0.4 is 11.5 Å². The van der Waals surface area contributed by atoms with Crippen molar-refractivity contribution in [1.82, 2.24) is 0 Å². The molecule has 0 aliphatic rings. The Morgan fingerprint density at radius 1 is 1.26 bits per heavy atom. The zero-order valence-electron chi connectivity index (χ0n) is 13.9. The van der Waals surface area contributed by atoms with Gasteiger partial charge in [-0.25, -0.2) is 0 Å². The molecule has 0 bridgehead atoms. The minimum absolute atomic E-state index is 0.244. The summed E-state index contributed by atoms with van der Waals surface area (Å²) < 4.78 is 4.99. The summed E-state index contributed by atoms with van der Waals surface area (Å²) in [6.07, 6.45) is 3.53. The SMILES string of the molecule is CC(C)(C)OC(=O)CC=CN.N[C@H](Cc1ccccc1)C(=O)O. The number of nitrogens with two attached hydrogens (primary N) is 2. The molecule has 128 valence electrons. The van der Waals surface area contributed by atoms with Crippen molar-refractivity contribution >= 4 is 11.9 Å². The van der Waals surface area contributed by atoms with E-state index in [2.05, 4.69) is 0 Å². The molecule has 6 nitrogen and oxygen atoms in total. The Hall–Kier alpha value is -2.34. The summed E-state index contributed by atoms with van der Waals surface area (Å²) in [4.78, 5) is 21.3. The Morgan fingerprint density at radius 2 is 1.83 bits per heavy atom. The number of hydrogen-bond donors (Lipinski definition) is 3. The van der Waals surface area contributed by atoms with Gasteiger partial charge in [-0.1, -0.05) is 36.4 Å². The van der Waals surface area contributed by atoms with Gasteiger partial charge in [-0.2, -0.15) is 0 Å². The third-order valence-corrected chi connectivity index (χ3v) is 2.46. The highest BCUT2D eigenvalue weighted by Crippen LogP contribution is 2.07. The zero-order valence-corrected chi connectivity index (χ0v) is 13.9.